The van der Waals surface area contributed by atoms with E-state index >= 15 is 0 Å². The average Bonchev–Trinajstić information content (AvgIpc) is 2.97. The molecule has 3 aromatic rings. The molecule has 2 heterocycles. The number of H-pyrrole nitrogens is 1. The Balaban J connectivity index is 2.31. The number of nitrogens with one attached hydrogen (secondary N) is 1. The van der Waals surface area contributed by atoms with Crippen LogP contribution in [0.5, 0.6) is 0 Å². The summed E-state index contributed by atoms with van der Waals surface area (Å²) in [5.41, 5.74) is 10.5. The monoisotopic (exact) mass is 323 g/mol. The Morgan fingerprint density at radius 1 is 1.15 bits per heavy atom. The minimum Gasteiger partial charge on any atom is -0.382 e. The molecule has 6 heteroatoms. The fourth-order valence-electron chi connectivity index (χ4n) is 2.16. The summed E-state index contributed by atoms with van der Waals surface area (Å²) in [6.45, 7) is 2.04. The number of nitrogens with two attached hydrogens (primary N) is 1. The first kappa shape index (κ1) is 13.5. The topological polar surface area (TPSA) is 54.7 Å². The predicted molar refractivity (Wildman–Crippen MR) is 86.5 cm³/mol. The lowest BCUT2D eigenvalue weighted by Gasteiger charge is -2.08. The van der Waals surface area contributed by atoms with Crippen LogP contribution in [0.25, 0.3) is 22.4 Å². The van der Waals surface area contributed by atoms with Gasteiger partial charge in [0.05, 0.1) is 21.3 Å². The zero-order chi connectivity index (χ0) is 14.3. The molecule has 2 aromatic heterocycles. The molecule has 3 rings (SSSR count). The predicted octanol–water partition coefficient (Wildman–Crippen LogP) is 5.00. The molecule has 0 radical (unpaired) electrons. The van der Waals surface area contributed by atoms with Crippen molar-refractivity contribution in [2.45, 2.75) is 6.92 Å². The van der Waals surface area contributed by atoms with Crippen molar-refractivity contribution in [2.24, 2.45) is 0 Å². The van der Waals surface area contributed by atoms with E-state index in [1.54, 1.807) is 29.5 Å². The van der Waals surface area contributed by atoms with Crippen molar-refractivity contribution in [2.75, 3.05) is 5.73 Å². The highest BCUT2D eigenvalue weighted by Crippen LogP contribution is 2.43. The van der Waals surface area contributed by atoms with Gasteiger partial charge in [-0.25, -0.2) is 0 Å². The molecule has 0 saturated carbocycles. The van der Waals surface area contributed by atoms with Gasteiger partial charge in [-0.2, -0.15) is 16.4 Å². The molecule has 0 bridgehead atoms. The lowest BCUT2D eigenvalue weighted by molar-refractivity contribution is 1.10. The van der Waals surface area contributed by atoms with E-state index in [4.69, 9.17) is 28.9 Å². The van der Waals surface area contributed by atoms with Crippen LogP contribution in [0.3, 0.4) is 0 Å². The van der Waals surface area contributed by atoms with E-state index in [9.17, 15) is 0 Å². The Kier molecular flexibility index (Phi) is 3.46. The summed E-state index contributed by atoms with van der Waals surface area (Å²) >= 11 is 14.2. The highest BCUT2D eigenvalue weighted by Gasteiger charge is 2.20. The number of aryl methyl sites for hydroxylation is 1. The summed E-state index contributed by atoms with van der Waals surface area (Å²) in [5.74, 6) is 0.389. The van der Waals surface area contributed by atoms with Crippen molar-refractivity contribution < 1.29 is 0 Å². The molecule has 0 aliphatic carbocycles. The molecule has 0 saturated heterocycles. The van der Waals surface area contributed by atoms with Gasteiger partial charge in [0.25, 0.3) is 0 Å². The van der Waals surface area contributed by atoms with E-state index in [0.717, 1.165) is 22.4 Å². The standard InChI is InChI=1S/C14H11Cl2N3S/c1-7-5-20-6-8(7)13-12(14(17)19-18-13)11-9(15)3-2-4-10(11)16/h2-6H,1H3,(H3,17,18,19). The summed E-state index contributed by atoms with van der Waals surface area (Å²) in [6.07, 6.45) is 0. The lowest BCUT2D eigenvalue weighted by Crippen LogP contribution is -1.90. The second kappa shape index (κ2) is 5.13. The van der Waals surface area contributed by atoms with Crippen LogP contribution in [0.4, 0.5) is 5.82 Å². The van der Waals surface area contributed by atoms with E-state index < -0.39 is 0 Å². The zero-order valence-corrected chi connectivity index (χ0v) is 12.9. The molecule has 0 unspecified atom stereocenters. The van der Waals surface area contributed by atoms with E-state index in [-0.39, 0.29) is 0 Å². The smallest absolute Gasteiger partial charge is 0.153 e. The van der Waals surface area contributed by atoms with Crippen LogP contribution in [-0.4, -0.2) is 10.2 Å². The van der Waals surface area contributed by atoms with Gasteiger partial charge >= 0.3 is 0 Å². The molecule has 0 fully saturated rings. The van der Waals surface area contributed by atoms with Gasteiger partial charge in [-0.05, 0) is 30.0 Å². The molecule has 0 spiro atoms. The minimum absolute atomic E-state index is 0.389. The van der Waals surface area contributed by atoms with Crippen LogP contribution in [0.15, 0.2) is 29.0 Å². The molecule has 1 aromatic carbocycles. The maximum Gasteiger partial charge on any atom is 0.153 e. The molecule has 20 heavy (non-hydrogen) atoms. The second-order valence-electron chi connectivity index (χ2n) is 4.42. The molecule has 0 aliphatic heterocycles. The Labute approximate surface area is 130 Å². The van der Waals surface area contributed by atoms with Crippen molar-refractivity contribution in [3.8, 4) is 22.4 Å². The number of rotatable bonds is 2. The van der Waals surface area contributed by atoms with Gasteiger partial charge in [-0.15, -0.1) is 0 Å². The van der Waals surface area contributed by atoms with Gasteiger partial charge < -0.3 is 5.73 Å². The highest BCUT2D eigenvalue weighted by molar-refractivity contribution is 7.08. The number of aromatic amines is 1. The molecule has 0 atom stereocenters. The summed E-state index contributed by atoms with van der Waals surface area (Å²) < 4.78 is 0. The number of thiophene rings is 1. The number of halogens is 2. The van der Waals surface area contributed by atoms with E-state index in [1.165, 1.54) is 0 Å². The van der Waals surface area contributed by atoms with E-state index in [0.29, 0.717) is 21.4 Å². The normalized spacial score (nSPS) is 10.9. The number of anilines is 1. The van der Waals surface area contributed by atoms with E-state index in [2.05, 4.69) is 21.0 Å². The number of benzene rings is 1. The first-order valence-corrected chi connectivity index (χ1v) is 7.61. The largest absolute Gasteiger partial charge is 0.382 e. The number of hydrogen-bond donors (Lipinski definition) is 2. The fraction of sp³-hybridized carbons (Fsp3) is 0.0714. The fourth-order valence-corrected chi connectivity index (χ4v) is 3.58. The zero-order valence-electron chi connectivity index (χ0n) is 10.6. The molecule has 3 N–H and O–H groups in total. The number of nitrogen functional groups attached to an aromatic ring is 1. The van der Waals surface area contributed by atoms with Crippen LogP contribution in [0.2, 0.25) is 10.0 Å². The molecule has 0 aliphatic rings. The number of nitrogens with zero attached hydrogens (tertiary/aromatic N) is 1. The van der Waals surface area contributed by atoms with Crippen molar-refractivity contribution in [3.63, 3.8) is 0 Å². The molecule has 102 valence electrons. The van der Waals surface area contributed by atoms with Gasteiger partial charge in [0.2, 0.25) is 0 Å². The van der Waals surface area contributed by atoms with Crippen molar-refractivity contribution in [1.82, 2.24) is 10.2 Å². The van der Waals surface area contributed by atoms with Crippen LogP contribution in [0.1, 0.15) is 5.56 Å². The van der Waals surface area contributed by atoms with Gasteiger partial charge in [0, 0.05) is 16.5 Å². The van der Waals surface area contributed by atoms with Gasteiger partial charge in [0.1, 0.15) is 0 Å². The third-order valence-corrected chi connectivity index (χ3v) is 4.62. The van der Waals surface area contributed by atoms with E-state index in [1.807, 2.05) is 6.92 Å². The quantitative estimate of drug-likeness (QED) is 0.697. The minimum atomic E-state index is 0.389. The van der Waals surface area contributed by atoms with Gasteiger partial charge in [-0.3, -0.25) is 5.10 Å². The van der Waals surface area contributed by atoms with Crippen LogP contribution in [0, 0.1) is 6.92 Å². The van der Waals surface area contributed by atoms with Gasteiger partial charge in [0.15, 0.2) is 5.82 Å². The summed E-state index contributed by atoms with van der Waals surface area (Å²) in [6, 6.07) is 5.39. The van der Waals surface area contributed by atoms with Crippen LogP contribution >= 0.6 is 34.5 Å². The van der Waals surface area contributed by atoms with Crippen LogP contribution in [-0.2, 0) is 0 Å². The third-order valence-electron chi connectivity index (χ3n) is 3.13. The third kappa shape index (κ3) is 2.10. The number of hydrogen-bond acceptors (Lipinski definition) is 3. The van der Waals surface area contributed by atoms with Crippen LogP contribution < -0.4 is 5.73 Å². The molecule has 0 amide bonds. The average molecular weight is 324 g/mol. The first-order chi connectivity index (χ1) is 9.59. The molecular weight excluding hydrogens is 313 g/mol. The first-order valence-electron chi connectivity index (χ1n) is 5.91. The maximum atomic E-state index is 6.29. The Hall–Kier alpha value is -1.49. The maximum absolute atomic E-state index is 6.29. The summed E-state index contributed by atoms with van der Waals surface area (Å²) in [7, 11) is 0. The highest BCUT2D eigenvalue weighted by atomic mass is 35.5. The Morgan fingerprint density at radius 3 is 2.45 bits per heavy atom. The van der Waals surface area contributed by atoms with Crippen molar-refractivity contribution in [3.05, 3.63) is 44.6 Å². The summed E-state index contributed by atoms with van der Waals surface area (Å²) in [4.78, 5) is 0. The summed E-state index contributed by atoms with van der Waals surface area (Å²) in [5, 5.41) is 12.3. The molecular formula is C14H11Cl2N3S. The SMILES string of the molecule is Cc1cscc1-c1[nH]nc(N)c1-c1c(Cl)cccc1Cl. The van der Waals surface area contributed by atoms with Crippen molar-refractivity contribution >= 4 is 40.4 Å². The number of aromatic nitrogens is 2. The Bertz CT molecular complexity index is 756. The second-order valence-corrected chi connectivity index (χ2v) is 5.98. The van der Waals surface area contributed by atoms with Crippen molar-refractivity contribution in [1.29, 1.82) is 0 Å². The Morgan fingerprint density at radius 2 is 1.85 bits per heavy atom. The lowest BCUT2D eigenvalue weighted by atomic mass is 10.0. The van der Waals surface area contributed by atoms with Gasteiger partial charge in [-0.1, -0.05) is 29.3 Å². The molecule has 3 nitrogen and oxygen atoms in total.